The van der Waals surface area contributed by atoms with Gasteiger partial charge < -0.3 is 14.7 Å². The number of ether oxygens (including phenoxy) is 1. The molecule has 0 spiro atoms. The first-order valence-corrected chi connectivity index (χ1v) is 8.30. The summed E-state index contributed by atoms with van der Waals surface area (Å²) in [6.45, 7) is 2.00. The van der Waals surface area contributed by atoms with Crippen molar-refractivity contribution in [3.05, 3.63) is 64.2 Å². The second-order valence-electron chi connectivity index (χ2n) is 5.74. The number of nitro benzene ring substituents is 1. The predicted octanol–water partition coefficient (Wildman–Crippen LogP) is 2.90. The van der Waals surface area contributed by atoms with Crippen LogP contribution in [0, 0.1) is 16.0 Å². The largest absolute Gasteiger partial charge is 0.490 e. The van der Waals surface area contributed by atoms with Gasteiger partial charge in [-0.1, -0.05) is 30.3 Å². The quantitative estimate of drug-likeness (QED) is 0.433. The molecule has 0 aliphatic carbocycles. The lowest BCUT2D eigenvalue weighted by Gasteiger charge is -2.24. The van der Waals surface area contributed by atoms with Gasteiger partial charge in [0.05, 0.1) is 12.0 Å². The molecule has 8 nitrogen and oxygen atoms in total. The molecule has 2 rings (SSSR count). The Hall–Kier alpha value is -3.42. The number of aliphatic carboxylic acids is 1. The molecule has 0 saturated heterocycles. The van der Waals surface area contributed by atoms with E-state index in [-0.39, 0.29) is 30.0 Å². The maximum absolute atomic E-state index is 12.9. The maximum Gasteiger partial charge on any atom is 0.316 e. The lowest BCUT2D eigenvalue weighted by Crippen LogP contribution is -2.40. The number of carbonyl (C=O) groups excluding carboxylic acids is 1. The Balaban J connectivity index is 2.40. The number of nitrogens with zero attached hydrogens (tertiary/aromatic N) is 2. The Morgan fingerprint density at radius 2 is 1.85 bits per heavy atom. The molecule has 27 heavy (non-hydrogen) atoms. The van der Waals surface area contributed by atoms with E-state index in [0.717, 1.165) is 0 Å². The van der Waals surface area contributed by atoms with Crippen molar-refractivity contribution in [2.24, 2.45) is 5.92 Å². The molecule has 0 heterocycles. The average molecular weight is 372 g/mol. The third-order valence-electron chi connectivity index (χ3n) is 4.16. The number of carboxylic acids is 1. The van der Waals surface area contributed by atoms with E-state index < -0.39 is 22.7 Å². The van der Waals surface area contributed by atoms with Crippen LogP contribution in [-0.4, -0.2) is 35.6 Å². The van der Waals surface area contributed by atoms with Crippen LogP contribution in [0.2, 0.25) is 0 Å². The Morgan fingerprint density at radius 3 is 2.37 bits per heavy atom. The summed E-state index contributed by atoms with van der Waals surface area (Å²) in [6.07, 6.45) is -0.314. The van der Waals surface area contributed by atoms with Crippen LogP contribution in [0.3, 0.4) is 0 Å². The first kappa shape index (κ1) is 19.9. The third kappa shape index (κ3) is 4.41. The molecule has 0 aliphatic rings. The molecule has 1 N–H and O–H groups in total. The molecule has 142 valence electrons. The highest BCUT2D eigenvalue weighted by Crippen LogP contribution is 2.32. The second kappa shape index (κ2) is 8.79. The molecule has 8 heteroatoms. The standard InChI is InChI=1S/C19H20N2O6/c1-3-20(14-9-5-4-6-10-14)18(22)15(19(23)24)12-13-8-7-11-16(27-2)17(13)21(25)26/h4-11,15H,3,12H2,1-2H3,(H,23,24). The van der Waals surface area contributed by atoms with Crippen LogP contribution in [0.1, 0.15) is 12.5 Å². The molecule has 1 amide bonds. The number of hydrogen-bond acceptors (Lipinski definition) is 5. The van der Waals surface area contributed by atoms with Gasteiger partial charge in [-0.2, -0.15) is 0 Å². The topological polar surface area (TPSA) is 110 Å². The highest BCUT2D eigenvalue weighted by atomic mass is 16.6. The molecule has 0 bridgehead atoms. The molecule has 0 aliphatic heterocycles. The fourth-order valence-electron chi connectivity index (χ4n) is 2.87. The summed E-state index contributed by atoms with van der Waals surface area (Å²) in [5.41, 5.74) is 0.363. The smallest absolute Gasteiger partial charge is 0.316 e. The summed E-state index contributed by atoms with van der Waals surface area (Å²) in [7, 11) is 1.29. The SMILES string of the molecule is CCN(C(=O)C(Cc1cccc(OC)c1[N+](=O)[O-])C(=O)O)c1ccccc1. The Labute approximate surface area is 156 Å². The minimum absolute atomic E-state index is 0.0181. The van der Waals surface area contributed by atoms with Crippen molar-refractivity contribution >= 4 is 23.3 Å². The van der Waals surface area contributed by atoms with E-state index in [9.17, 15) is 24.8 Å². The fraction of sp³-hybridized carbons (Fsp3) is 0.263. The number of para-hydroxylation sites is 2. The molecular formula is C19H20N2O6. The van der Waals surface area contributed by atoms with Gasteiger partial charge in [0.25, 0.3) is 0 Å². The van der Waals surface area contributed by atoms with Crippen molar-refractivity contribution in [3.8, 4) is 5.75 Å². The van der Waals surface area contributed by atoms with Gasteiger partial charge in [-0.15, -0.1) is 0 Å². The Bertz CT molecular complexity index is 837. The van der Waals surface area contributed by atoms with Crippen LogP contribution in [0.15, 0.2) is 48.5 Å². The Morgan fingerprint density at radius 1 is 1.19 bits per heavy atom. The van der Waals surface area contributed by atoms with Crippen molar-refractivity contribution in [1.82, 2.24) is 0 Å². The summed E-state index contributed by atoms with van der Waals surface area (Å²) in [6, 6.07) is 13.1. The van der Waals surface area contributed by atoms with Gasteiger partial charge in [0.1, 0.15) is 5.92 Å². The fourth-order valence-corrected chi connectivity index (χ4v) is 2.87. The minimum Gasteiger partial charge on any atom is -0.490 e. The minimum atomic E-state index is -1.46. The lowest BCUT2D eigenvalue weighted by molar-refractivity contribution is -0.386. The molecule has 2 aromatic carbocycles. The first-order valence-electron chi connectivity index (χ1n) is 8.30. The molecular weight excluding hydrogens is 352 g/mol. The molecule has 0 saturated carbocycles. The number of carbonyl (C=O) groups is 2. The zero-order valence-corrected chi connectivity index (χ0v) is 15.0. The van der Waals surface area contributed by atoms with Gasteiger partial charge in [-0.3, -0.25) is 19.7 Å². The number of rotatable bonds is 8. The van der Waals surface area contributed by atoms with E-state index in [1.165, 1.54) is 30.2 Å². The van der Waals surface area contributed by atoms with E-state index in [4.69, 9.17) is 4.74 Å². The number of carboxylic acid groups (broad SMARTS) is 1. The highest BCUT2D eigenvalue weighted by Gasteiger charge is 2.34. The van der Waals surface area contributed by atoms with Gasteiger partial charge in [-0.05, 0) is 25.1 Å². The van der Waals surface area contributed by atoms with Crippen LogP contribution < -0.4 is 9.64 Å². The summed E-state index contributed by atoms with van der Waals surface area (Å²) in [4.78, 5) is 36.8. The number of nitro groups is 1. The number of methoxy groups -OCH3 is 1. The maximum atomic E-state index is 12.9. The Kier molecular flexibility index (Phi) is 6.48. The lowest BCUT2D eigenvalue weighted by atomic mass is 9.96. The van der Waals surface area contributed by atoms with Crippen LogP contribution >= 0.6 is 0 Å². The van der Waals surface area contributed by atoms with E-state index >= 15 is 0 Å². The van der Waals surface area contributed by atoms with E-state index in [1.54, 1.807) is 37.3 Å². The predicted molar refractivity (Wildman–Crippen MR) is 98.9 cm³/mol. The molecule has 0 aromatic heterocycles. The number of amides is 1. The average Bonchev–Trinajstić information content (AvgIpc) is 2.66. The number of benzene rings is 2. The van der Waals surface area contributed by atoms with Crippen molar-refractivity contribution in [3.63, 3.8) is 0 Å². The van der Waals surface area contributed by atoms with Crippen LogP contribution in [0.5, 0.6) is 5.75 Å². The van der Waals surface area contributed by atoms with Crippen molar-refractivity contribution in [1.29, 1.82) is 0 Å². The van der Waals surface area contributed by atoms with Crippen LogP contribution in [-0.2, 0) is 16.0 Å². The van der Waals surface area contributed by atoms with Crippen LogP contribution in [0.25, 0.3) is 0 Å². The number of hydrogen-bond donors (Lipinski definition) is 1. The summed E-state index contributed by atoms with van der Waals surface area (Å²) in [5, 5.41) is 21.0. The molecule has 2 aromatic rings. The highest BCUT2D eigenvalue weighted by molar-refractivity contribution is 6.06. The summed E-state index contributed by atoms with van der Waals surface area (Å²) < 4.78 is 5.00. The monoisotopic (exact) mass is 372 g/mol. The van der Waals surface area contributed by atoms with Crippen molar-refractivity contribution in [2.75, 3.05) is 18.6 Å². The molecule has 0 radical (unpaired) electrons. The second-order valence-corrected chi connectivity index (χ2v) is 5.74. The van der Waals surface area contributed by atoms with Crippen molar-refractivity contribution < 1.29 is 24.4 Å². The zero-order chi connectivity index (χ0) is 20.0. The third-order valence-corrected chi connectivity index (χ3v) is 4.16. The van der Waals surface area contributed by atoms with E-state index in [0.29, 0.717) is 5.69 Å². The number of anilines is 1. The van der Waals surface area contributed by atoms with Gasteiger partial charge >= 0.3 is 11.7 Å². The van der Waals surface area contributed by atoms with Gasteiger partial charge in [0.15, 0.2) is 5.75 Å². The molecule has 1 unspecified atom stereocenters. The molecule has 0 fully saturated rings. The van der Waals surface area contributed by atoms with Gasteiger partial charge in [0.2, 0.25) is 5.91 Å². The normalized spacial score (nSPS) is 11.5. The molecule has 1 atom stereocenters. The van der Waals surface area contributed by atoms with Gasteiger partial charge in [-0.25, -0.2) is 0 Å². The summed E-state index contributed by atoms with van der Waals surface area (Å²) in [5.74, 6) is -3.42. The summed E-state index contributed by atoms with van der Waals surface area (Å²) >= 11 is 0. The first-order chi connectivity index (χ1) is 12.9. The van der Waals surface area contributed by atoms with E-state index in [1.807, 2.05) is 0 Å². The van der Waals surface area contributed by atoms with E-state index in [2.05, 4.69) is 0 Å². The van der Waals surface area contributed by atoms with Crippen molar-refractivity contribution in [2.45, 2.75) is 13.3 Å². The van der Waals surface area contributed by atoms with Gasteiger partial charge in [0, 0.05) is 24.2 Å². The van der Waals surface area contributed by atoms with Crippen LogP contribution in [0.4, 0.5) is 11.4 Å². The zero-order valence-electron chi connectivity index (χ0n) is 15.0.